The quantitative estimate of drug-likeness (QED) is 0.713. The van der Waals surface area contributed by atoms with Gasteiger partial charge in [-0.1, -0.05) is 34.6 Å². The van der Waals surface area contributed by atoms with E-state index in [2.05, 4.69) is 4.74 Å². The van der Waals surface area contributed by atoms with E-state index >= 15 is 0 Å². The van der Waals surface area contributed by atoms with Crippen molar-refractivity contribution < 1.29 is 22.7 Å². The summed E-state index contributed by atoms with van der Waals surface area (Å²) in [4.78, 5) is 11.6. The molecule has 0 spiro atoms. The number of carbonyl (C=O) groups is 1. The normalized spacial score (nSPS) is 14.9. The molecule has 5 heteroatoms. The van der Waals surface area contributed by atoms with Crippen LogP contribution in [-0.4, -0.2) is 18.8 Å². The summed E-state index contributed by atoms with van der Waals surface area (Å²) in [6.45, 7) is 7.83. The van der Waals surface area contributed by atoms with Gasteiger partial charge in [0.15, 0.2) is 6.61 Å². The second-order valence-electron chi connectivity index (χ2n) is 5.77. The summed E-state index contributed by atoms with van der Waals surface area (Å²) >= 11 is 0. The Kier molecular flexibility index (Phi) is 5.49. The van der Waals surface area contributed by atoms with Crippen molar-refractivity contribution in [1.82, 2.24) is 0 Å². The zero-order valence-corrected chi connectivity index (χ0v) is 11.0. The molecular weight excluding hydrogens is 233 g/mol. The minimum atomic E-state index is -4.46. The molecule has 1 atom stereocenters. The maximum absolute atomic E-state index is 12.0. The number of rotatable bonds is 4. The molecule has 0 fully saturated rings. The van der Waals surface area contributed by atoms with Gasteiger partial charge in [0.25, 0.3) is 0 Å². The lowest BCUT2D eigenvalue weighted by Crippen LogP contribution is -2.33. The lowest BCUT2D eigenvalue weighted by molar-refractivity contribution is -0.191. The summed E-state index contributed by atoms with van der Waals surface area (Å²) < 4.78 is 40.2. The van der Waals surface area contributed by atoms with Crippen molar-refractivity contribution in [2.45, 2.75) is 47.2 Å². The predicted molar refractivity (Wildman–Crippen MR) is 59.4 cm³/mol. The first-order chi connectivity index (χ1) is 7.43. The van der Waals surface area contributed by atoms with Crippen molar-refractivity contribution in [3.63, 3.8) is 0 Å². The van der Waals surface area contributed by atoms with Gasteiger partial charge in [0.05, 0.1) is 5.92 Å². The lowest BCUT2D eigenvalue weighted by atomic mass is 9.76. The molecule has 0 saturated carbocycles. The van der Waals surface area contributed by atoms with Gasteiger partial charge in [-0.15, -0.1) is 0 Å². The van der Waals surface area contributed by atoms with Crippen LogP contribution >= 0.6 is 0 Å². The van der Waals surface area contributed by atoms with Gasteiger partial charge < -0.3 is 4.74 Å². The van der Waals surface area contributed by atoms with Crippen molar-refractivity contribution in [3.05, 3.63) is 0 Å². The summed E-state index contributed by atoms with van der Waals surface area (Å²) in [6.07, 6.45) is -3.93. The first kappa shape index (κ1) is 16.3. The molecule has 0 saturated heterocycles. The van der Waals surface area contributed by atoms with Gasteiger partial charge in [-0.2, -0.15) is 13.2 Å². The van der Waals surface area contributed by atoms with Crippen LogP contribution in [0.2, 0.25) is 0 Å². The molecule has 17 heavy (non-hydrogen) atoms. The second kappa shape index (κ2) is 5.74. The van der Waals surface area contributed by atoms with E-state index in [0.717, 1.165) is 0 Å². The first-order valence-electron chi connectivity index (χ1n) is 5.67. The fraction of sp³-hybridized carbons (Fsp3) is 0.917. The molecule has 0 heterocycles. The molecule has 0 rings (SSSR count). The Hall–Kier alpha value is -0.740. The number of hydrogen-bond donors (Lipinski definition) is 0. The van der Waals surface area contributed by atoms with Crippen molar-refractivity contribution in [1.29, 1.82) is 0 Å². The largest absolute Gasteiger partial charge is 0.456 e. The monoisotopic (exact) mass is 254 g/mol. The summed E-state index contributed by atoms with van der Waals surface area (Å²) in [5.74, 6) is -1.04. The number of hydrogen-bond acceptors (Lipinski definition) is 2. The molecule has 102 valence electrons. The second-order valence-corrected chi connectivity index (χ2v) is 5.77. The van der Waals surface area contributed by atoms with Crippen LogP contribution in [0, 0.1) is 17.3 Å². The Labute approximate surface area is 101 Å². The average molecular weight is 254 g/mol. The van der Waals surface area contributed by atoms with Crippen LogP contribution in [0.25, 0.3) is 0 Å². The van der Waals surface area contributed by atoms with Crippen LogP contribution in [0.1, 0.15) is 41.0 Å². The van der Waals surface area contributed by atoms with E-state index in [1.54, 1.807) is 0 Å². The van der Waals surface area contributed by atoms with E-state index in [0.29, 0.717) is 6.42 Å². The SMILES string of the molecule is CC(C)CC(C(=O)OCC(F)(F)F)C(C)(C)C. The zero-order chi connectivity index (χ0) is 13.9. The third kappa shape index (κ3) is 7.23. The van der Waals surface area contributed by atoms with Crippen molar-refractivity contribution >= 4 is 5.97 Å². The molecule has 2 nitrogen and oxygen atoms in total. The van der Waals surface area contributed by atoms with Gasteiger partial charge in [0, 0.05) is 0 Å². The standard InChI is InChI=1S/C12H21F3O2/c1-8(2)6-9(11(3,4)5)10(16)17-7-12(13,14)15/h8-9H,6-7H2,1-5H3. The smallest absolute Gasteiger partial charge is 0.422 e. The molecule has 0 aromatic carbocycles. The highest BCUT2D eigenvalue weighted by Crippen LogP contribution is 2.32. The zero-order valence-electron chi connectivity index (χ0n) is 11.0. The highest BCUT2D eigenvalue weighted by Gasteiger charge is 2.36. The number of ether oxygens (including phenoxy) is 1. The maximum Gasteiger partial charge on any atom is 0.422 e. The van der Waals surface area contributed by atoms with E-state index in [9.17, 15) is 18.0 Å². The summed E-state index contributed by atoms with van der Waals surface area (Å²) in [6, 6.07) is 0. The lowest BCUT2D eigenvalue weighted by Gasteiger charge is -2.30. The Balaban J connectivity index is 4.55. The minimum Gasteiger partial charge on any atom is -0.456 e. The van der Waals surface area contributed by atoms with E-state index in [1.807, 2.05) is 34.6 Å². The van der Waals surface area contributed by atoms with Crippen LogP contribution in [-0.2, 0) is 9.53 Å². The van der Waals surface area contributed by atoms with Gasteiger partial charge in [-0.3, -0.25) is 4.79 Å². The molecule has 0 aliphatic heterocycles. The molecule has 0 aromatic heterocycles. The van der Waals surface area contributed by atoms with Gasteiger partial charge in [-0.25, -0.2) is 0 Å². The van der Waals surface area contributed by atoms with Gasteiger partial charge >= 0.3 is 12.1 Å². The third-order valence-electron chi connectivity index (χ3n) is 2.42. The fourth-order valence-electron chi connectivity index (χ4n) is 1.53. The molecule has 0 aliphatic carbocycles. The maximum atomic E-state index is 12.0. The van der Waals surface area contributed by atoms with Gasteiger partial charge in [-0.05, 0) is 17.8 Å². The Bertz CT molecular complexity index is 251. The highest BCUT2D eigenvalue weighted by atomic mass is 19.4. The topological polar surface area (TPSA) is 26.3 Å². The Morgan fingerprint density at radius 2 is 1.65 bits per heavy atom. The van der Waals surface area contributed by atoms with Gasteiger partial charge in [0.2, 0.25) is 0 Å². The molecule has 0 aromatic rings. The number of carbonyl (C=O) groups excluding carboxylic acids is 1. The molecule has 1 unspecified atom stereocenters. The molecule has 0 aliphatic rings. The van der Waals surface area contributed by atoms with Gasteiger partial charge in [0.1, 0.15) is 0 Å². The number of esters is 1. The summed E-state index contributed by atoms with van der Waals surface area (Å²) in [5.41, 5.74) is -0.396. The van der Waals surface area contributed by atoms with Crippen molar-refractivity contribution in [2.24, 2.45) is 17.3 Å². The highest BCUT2D eigenvalue weighted by molar-refractivity contribution is 5.73. The Morgan fingerprint density at radius 3 is 1.94 bits per heavy atom. The summed E-state index contributed by atoms with van der Waals surface area (Å²) in [7, 11) is 0. The van der Waals surface area contributed by atoms with Crippen LogP contribution in [0.5, 0.6) is 0 Å². The van der Waals surface area contributed by atoms with E-state index in [-0.39, 0.29) is 5.92 Å². The molecule has 0 amide bonds. The van der Waals surface area contributed by atoms with Crippen molar-refractivity contribution in [2.75, 3.05) is 6.61 Å². The molecule has 0 N–H and O–H groups in total. The van der Waals surface area contributed by atoms with Crippen LogP contribution in [0.3, 0.4) is 0 Å². The fourth-order valence-corrected chi connectivity index (χ4v) is 1.53. The molecule has 0 radical (unpaired) electrons. The minimum absolute atomic E-state index is 0.234. The third-order valence-corrected chi connectivity index (χ3v) is 2.42. The predicted octanol–water partition coefficient (Wildman–Crippen LogP) is 3.80. The van der Waals surface area contributed by atoms with Crippen molar-refractivity contribution in [3.8, 4) is 0 Å². The van der Waals surface area contributed by atoms with Crippen LogP contribution < -0.4 is 0 Å². The number of halogens is 3. The molecule has 0 bridgehead atoms. The average Bonchev–Trinajstić information content (AvgIpc) is 2.07. The van der Waals surface area contributed by atoms with E-state index < -0.39 is 30.1 Å². The first-order valence-corrected chi connectivity index (χ1v) is 5.67. The van der Waals surface area contributed by atoms with Crippen LogP contribution in [0.4, 0.5) is 13.2 Å². The number of alkyl halides is 3. The van der Waals surface area contributed by atoms with E-state index in [1.165, 1.54) is 0 Å². The summed E-state index contributed by atoms with van der Waals surface area (Å²) in [5, 5.41) is 0. The molecular formula is C12H21F3O2. The van der Waals surface area contributed by atoms with E-state index in [4.69, 9.17) is 0 Å². The van der Waals surface area contributed by atoms with Crippen LogP contribution in [0.15, 0.2) is 0 Å². The Morgan fingerprint density at radius 1 is 1.18 bits per heavy atom.